The first-order valence-electron chi connectivity index (χ1n) is 24.8. The number of H-pyrrole nitrogens is 2. The van der Waals surface area contributed by atoms with Gasteiger partial charge in [-0.25, -0.2) is 29.9 Å². The summed E-state index contributed by atoms with van der Waals surface area (Å²) in [6, 6.07) is 53.0. The zero-order chi connectivity index (χ0) is 49.6. The molecule has 0 amide bonds. The summed E-state index contributed by atoms with van der Waals surface area (Å²) in [6.07, 6.45) is 0. The molecular formula is C64H34N8S4. The summed E-state index contributed by atoms with van der Waals surface area (Å²) in [4.78, 5) is 41.1. The molecule has 0 radical (unpaired) electrons. The van der Waals surface area contributed by atoms with E-state index < -0.39 is 0 Å². The van der Waals surface area contributed by atoms with Gasteiger partial charge in [0.15, 0.2) is 0 Å². The molecule has 0 fully saturated rings. The lowest BCUT2D eigenvalue weighted by Gasteiger charge is -2.09. The Morgan fingerprint density at radius 2 is 0.500 bits per heavy atom. The van der Waals surface area contributed by atoms with Gasteiger partial charge < -0.3 is 9.97 Å². The Labute approximate surface area is 448 Å². The Kier molecular flexibility index (Phi) is 9.04. The van der Waals surface area contributed by atoms with E-state index in [0.29, 0.717) is 0 Å². The second-order valence-electron chi connectivity index (χ2n) is 19.3. The predicted octanol–water partition coefficient (Wildman–Crippen LogP) is 18.4. The van der Waals surface area contributed by atoms with Crippen molar-refractivity contribution in [2.75, 3.05) is 0 Å². The molecule has 12 heteroatoms. The normalized spacial score (nSPS) is 12.2. The Hall–Kier alpha value is -9.04. The Bertz CT molecular complexity index is 4480. The van der Waals surface area contributed by atoms with Crippen LogP contribution in [0.4, 0.5) is 0 Å². The zero-order valence-corrected chi connectivity index (χ0v) is 43.1. The van der Waals surface area contributed by atoms with E-state index in [0.717, 1.165) is 177 Å². The van der Waals surface area contributed by atoms with E-state index in [1.54, 1.807) is 45.3 Å². The van der Waals surface area contributed by atoms with Gasteiger partial charge in [-0.3, -0.25) is 0 Å². The fraction of sp³-hybridized carbons (Fsp3) is 0. The Balaban J connectivity index is 1.22. The van der Waals surface area contributed by atoms with E-state index in [2.05, 4.69) is 177 Å². The van der Waals surface area contributed by atoms with Crippen molar-refractivity contribution in [3.05, 3.63) is 189 Å². The molecule has 8 aromatic carbocycles. The van der Waals surface area contributed by atoms with Gasteiger partial charge in [-0.2, -0.15) is 0 Å². The highest BCUT2D eigenvalue weighted by Crippen LogP contribution is 2.53. The van der Waals surface area contributed by atoms with Gasteiger partial charge in [0.2, 0.25) is 0 Å². The molecule has 0 unspecified atom stereocenters. The third-order valence-corrected chi connectivity index (χ3v) is 17.6. The number of hydrogen-bond donors (Lipinski definition) is 2. The number of thiazole rings is 4. The predicted molar refractivity (Wildman–Crippen MR) is 319 cm³/mol. The third-order valence-electron chi connectivity index (χ3n) is 15.3. The van der Waals surface area contributed by atoms with Crippen LogP contribution in [0.3, 0.4) is 0 Å². The van der Waals surface area contributed by atoms with Crippen LogP contribution in [0.5, 0.6) is 0 Å². The van der Waals surface area contributed by atoms with E-state index >= 15 is 0 Å². The summed E-state index contributed by atoms with van der Waals surface area (Å²) in [5.74, 6) is 0. The maximum Gasteiger partial charge on any atom is 0.0854 e. The molecule has 6 aromatic heterocycles. The molecule has 2 aliphatic heterocycles. The number of rotatable bonds is 4. The van der Waals surface area contributed by atoms with Gasteiger partial charge in [-0.15, -0.1) is 45.3 Å². The van der Waals surface area contributed by atoms with Gasteiger partial charge in [-0.05, 0) is 91.6 Å². The lowest BCUT2D eigenvalue weighted by Crippen LogP contribution is -1.88. The van der Waals surface area contributed by atoms with Gasteiger partial charge in [0.1, 0.15) is 0 Å². The molecular weight excluding hydrogens is 1010 g/mol. The SMILES string of the molecule is c1ccc2cc3c(cc2c1)-c1nc-3c(-c2cscn2)c2[nH]c(c(-c3cscn3)c3nc(c(-c4cscn4)c4[nH]c(c1-c1cscn1)c1cc5ccccc5cc41)-c1cc4ccccc4cc1-3)c1cc3ccccc3cc21. The molecule has 8 heterocycles. The van der Waals surface area contributed by atoms with Crippen molar-refractivity contribution >= 4 is 132 Å². The first-order chi connectivity index (χ1) is 37.7. The number of aromatic nitrogens is 8. The standard InChI is InChI=1S/C64H34N8S4/c1-2-10-34-18-42-41(17-33(34)9-1)57-53(49-25-73-29-65-49)59-43-19-35-11-3-4-12-36(35)20-44(43)61(70-59)55(51-27-75-31-67-51)63-47-23-39-15-7-8-16-40(39)24-48(47)64(72-63)56(52-28-76-32-68-52)62-46-22-38-14-6-5-13-37(38)21-45(46)60(71-62)54(58(42)69-57)50-26-74-30-66-50/h1-32,69,72H. The largest absolute Gasteiger partial charge is 0.353 e. The summed E-state index contributed by atoms with van der Waals surface area (Å²) in [5.41, 5.74) is 25.5. The van der Waals surface area contributed by atoms with Gasteiger partial charge in [0.05, 0.1) is 112 Å². The van der Waals surface area contributed by atoms with Crippen LogP contribution in [0, 0.1) is 0 Å². The van der Waals surface area contributed by atoms with Gasteiger partial charge in [-0.1, -0.05) is 97.1 Å². The number of aromatic amines is 2. The minimum Gasteiger partial charge on any atom is -0.353 e. The van der Waals surface area contributed by atoms with Crippen LogP contribution in [0.1, 0.15) is 0 Å². The summed E-state index contributed by atoms with van der Waals surface area (Å²) < 4.78 is 0. The second-order valence-corrected chi connectivity index (χ2v) is 22.2. The average Bonchev–Trinajstić information content (AvgIpc) is 4.32. The second kappa shape index (κ2) is 16.2. The number of benzene rings is 8. The van der Waals surface area contributed by atoms with Crippen molar-refractivity contribution in [1.82, 2.24) is 39.9 Å². The van der Waals surface area contributed by atoms with Crippen molar-refractivity contribution in [1.29, 1.82) is 0 Å². The quantitative estimate of drug-likeness (QED) is 0.182. The highest BCUT2D eigenvalue weighted by atomic mass is 32.1. The Morgan fingerprint density at radius 3 is 0.711 bits per heavy atom. The van der Waals surface area contributed by atoms with E-state index in [9.17, 15) is 0 Å². The van der Waals surface area contributed by atoms with Crippen LogP contribution >= 0.6 is 45.3 Å². The summed E-state index contributed by atoms with van der Waals surface area (Å²) in [7, 11) is 0. The molecule has 0 spiro atoms. The van der Waals surface area contributed by atoms with E-state index in [4.69, 9.17) is 29.9 Å². The number of fused-ring (bicyclic) bond motifs is 4. The molecule has 8 nitrogen and oxygen atoms in total. The number of hydrogen-bond acceptors (Lipinski definition) is 10. The van der Waals surface area contributed by atoms with Gasteiger partial charge >= 0.3 is 0 Å². The maximum absolute atomic E-state index is 6.02. The summed E-state index contributed by atoms with van der Waals surface area (Å²) >= 11 is 6.32. The average molecular weight is 1040 g/mol. The van der Waals surface area contributed by atoms with Gasteiger partial charge in [0.25, 0.3) is 0 Å². The topological polar surface area (TPSA) is 109 Å². The van der Waals surface area contributed by atoms with E-state index in [-0.39, 0.29) is 0 Å². The molecule has 14 aromatic rings. The number of nitrogens with zero attached hydrogens (tertiary/aromatic N) is 6. The fourth-order valence-corrected chi connectivity index (χ4v) is 14.1. The van der Waals surface area contributed by atoms with Crippen LogP contribution in [0.25, 0.3) is 177 Å². The monoisotopic (exact) mass is 1040 g/mol. The molecule has 2 N–H and O–H groups in total. The first-order valence-corrected chi connectivity index (χ1v) is 28.6. The molecule has 76 heavy (non-hydrogen) atoms. The van der Waals surface area contributed by atoms with Crippen LogP contribution < -0.4 is 0 Å². The van der Waals surface area contributed by atoms with Crippen LogP contribution in [-0.4, -0.2) is 39.9 Å². The molecule has 0 atom stereocenters. The van der Waals surface area contributed by atoms with E-state index in [1.807, 2.05) is 22.0 Å². The molecule has 0 saturated carbocycles. The van der Waals surface area contributed by atoms with Gasteiger partial charge in [0, 0.05) is 65.3 Å². The highest BCUT2D eigenvalue weighted by Gasteiger charge is 2.32. The van der Waals surface area contributed by atoms with Crippen molar-refractivity contribution in [2.45, 2.75) is 0 Å². The Morgan fingerprint density at radius 1 is 0.276 bits per heavy atom. The summed E-state index contributed by atoms with van der Waals surface area (Å²) in [6.45, 7) is 0. The minimum atomic E-state index is 0.821. The molecule has 0 saturated heterocycles. The number of nitrogens with one attached hydrogen (secondary N) is 2. The smallest absolute Gasteiger partial charge is 0.0854 e. The van der Waals surface area contributed by atoms with E-state index in [1.165, 1.54) is 0 Å². The summed E-state index contributed by atoms with van der Waals surface area (Å²) in [5, 5.41) is 21.7. The van der Waals surface area contributed by atoms with Crippen molar-refractivity contribution in [2.24, 2.45) is 0 Å². The molecule has 354 valence electrons. The molecule has 8 bridgehead atoms. The lowest BCUT2D eigenvalue weighted by molar-refractivity contribution is 1.34. The minimum absolute atomic E-state index is 0.821. The van der Waals surface area contributed by atoms with Crippen LogP contribution in [0.2, 0.25) is 0 Å². The highest BCUT2D eigenvalue weighted by molar-refractivity contribution is 7.08. The third kappa shape index (κ3) is 6.20. The zero-order valence-electron chi connectivity index (χ0n) is 39.8. The van der Waals surface area contributed by atoms with Crippen LogP contribution in [-0.2, 0) is 0 Å². The van der Waals surface area contributed by atoms with Crippen molar-refractivity contribution in [3.63, 3.8) is 0 Å². The molecule has 1 aliphatic carbocycles. The fourth-order valence-electron chi connectivity index (χ4n) is 11.9. The molecule has 3 aliphatic rings. The lowest BCUT2D eigenvalue weighted by atomic mass is 9.93. The van der Waals surface area contributed by atoms with Crippen molar-refractivity contribution in [3.8, 4) is 90.1 Å². The maximum atomic E-state index is 6.02. The first kappa shape index (κ1) is 42.3. The van der Waals surface area contributed by atoms with Crippen LogP contribution in [0.15, 0.2) is 189 Å². The molecule has 17 rings (SSSR count). The van der Waals surface area contributed by atoms with Crippen molar-refractivity contribution < 1.29 is 0 Å².